The summed E-state index contributed by atoms with van der Waals surface area (Å²) >= 11 is 0. The van der Waals surface area contributed by atoms with Crippen molar-refractivity contribution in [3.63, 3.8) is 0 Å². The number of amides is 2. The highest BCUT2D eigenvalue weighted by atomic mass is 32.2. The van der Waals surface area contributed by atoms with Gasteiger partial charge in [-0.15, -0.1) is 0 Å². The van der Waals surface area contributed by atoms with E-state index in [-0.39, 0.29) is 25.5 Å². The van der Waals surface area contributed by atoms with Crippen molar-refractivity contribution < 1.29 is 27.6 Å². The van der Waals surface area contributed by atoms with Gasteiger partial charge in [0, 0.05) is 55.8 Å². The molecule has 1 aliphatic carbocycles. The first-order chi connectivity index (χ1) is 16.0. The first-order valence-electron chi connectivity index (χ1n) is 11.1. The molecule has 2 fully saturated rings. The van der Waals surface area contributed by atoms with Gasteiger partial charge in [0.15, 0.2) is 20.3 Å². The van der Waals surface area contributed by atoms with Crippen LogP contribution < -0.4 is 5.48 Å². The van der Waals surface area contributed by atoms with Crippen LogP contribution in [0.25, 0.3) is 0 Å². The number of fused-ring (bicyclic) bond motifs is 1. The smallest absolute Gasteiger partial charge is 0.318 e. The van der Waals surface area contributed by atoms with Crippen LogP contribution in [0.1, 0.15) is 43.9 Å². The molecule has 0 radical (unpaired) electrons. The number of hydrogen-bond acceptors (Lipinski definition) is 6. The van der Waals surface area contributed by atoms with Gasteiger partial charge >= 0.3 is 6.03 Å². The Labute approximate surface area is 198 Å². The monoisotopic (exact) mass is 490 g/mol. The maximum absolute atomic E-state index is 14.8. The Morgan fingerprint density at radius 3 is 2.74 bits per heavy atom. The second kappa shape index (κ2) is 8.73. The second-order valence-electron chi connectivity index (χ2n) is 9.41. The van der Waals surface area contributed by atoms with E-state index in [1.807, 2.05) is 0 Å². The van der Waals surface area contributed by atoms with Gasteiger partial charge in [0.2, 0.25) is 0 Å². The Hall–Kier alpha value is -2.86. The molecule has 1 saturated heterocycles. The Morgan fingerprint density at radius 2 is 2.12 bits per heavy atom. The van der Waals surface area contributed by atoms with Crippen LogP contribution in [0.15, 0.2) is 12.3 Å². The summed E-state index contributed by atoms with van der Waals surface area (Å²) in [5.41, 5.74) is 1.10. The van der Waals surface area contributed by atoms with Crippen molar-refractivity contribution in [1.82, 2.24) is 19.8 Å². The molecule has 0 bridgehead atoms. The summed E-state index contributed by atoms with van der Waals surface area (Å²) in [5, 5.41) is 8.92. The number of sulfone groups is 1. The van der Waals surface area contributed by atoms with E-state index in [0.29, 0.717) is 30.3 Å². The first kappa shape index (κ1) is 24.3. The van der Waals surface area contributed by atoms with Gasteiger partial charge in [-0.3, -0.25) is 19.5 Å². The Morgan fingerprint density at radius 1 is 1.38 bits per heavy atom. The van der Waals surface area contributed by atoms with E-state index < -0.39 is 26.2 Å². The summed E-state index contributed by atoms with van der Waals surface area (Å²) < 4.78 is 38.5. The number of alkyl halides is 1. The average molecular weight is 491 g/mol. The van der Waals surface area contributed by atoms with Crippen molar-refractivity contribution in [2.75, 3.05) is 25.9 Å². The molecule has 0 aromatic carbocycles. The van der Waals surface area contributed by atoms with Crippen molar-refractivity contribution in [3.8, 4) is 23.7 Å². The molecule has 1 saturated carbocycles. The van der Waals surface area contributed by atoms with Crippen molar-refractivity contribution in [2.45, 2.75) is 55.6 Å². The van der Waals surface area contributed by atoms with Crippen molar-refractivity contribution in [1.29, 1.82) is 0 Å². The highest BCUT2D eigenvalue weighted by molar-refractivity contribution is 7.92. The van der Waals surface area contributed by atoms with Crippen LogP contribution in [0.3, 0.4) is 0 Å². The molecule has 0 spiro atoms. The van der Waals surface area contributed by atoms with E-state index in [9.17, 15) is 22.4 Å². The highest BCUT2D eigenvalue weighted by Gasteiger charge is 2.44. The zero-order valence-electron chi connectivity index (χ0n) is 19.1. The number of nitrogens with zero attached hydrogens (tertiary/aromatic N) is 3. The number of halogens is 1. The molecule has 1 aromatic rings. The minimum absolute atomic E-state index is 0.000445. The fourth-order valence-electron chi connectivity index (χ4n) is 4.30. The molecular formula is C23H27FN4O5S. The molecule has 9 nitrogen and oxygen atoms in total. The molecule has 2 atom stereocenters. The maximum Gasteiger partial charge on any atom is 0.328 e. The summed E-state index contributed by atoms with van der Waals surface area (Å²) in [5.74, 6) is 9.72. The third kappa shape index (κ3) is 4.69. The minimum atomic E-state index is -3.85. The van der Waals surface area contributed by atoms with Gasteiger partial charge in [-0.05, 0) is 50.0 Å². The van der Waals surface area contributed by atoms with E-state index in [1.54, 1.807) is 12.3 Å². The number of carbonyl (C=O) groups excluding carboxylic acids is 2. The second-order valence-corrected chi connectivity index (χ2v) is 11.9. The predicted molar refractivity (Wildman–Crippen MR) is 121 cm³/mol. The minimum Gasteiger partial charge on any atom is -0.318 e. The highest BCUT2D eigenvalue weighted by Crippen LogP contribution is 2.34. The van der Waals surface area contributed by atoms with E-state index in [4.69, 9.17) is 5.21 Å². The van der Waals surface area contributed by atoms with Crippen LogP contribution in [0.4, 0.5) is 9.18 Å². The lowest BCUT2D eigenvalue weighted by atomic mass is 10.1. The number of aromatic nitrogens is 1. The molecule has 34 heavy (non-hydrogen) atoms. The summed E-state index contributed by atoms with van der Waals surface area (Å²) in [7, 11) is -3.85. The predicted octanol–water partition coefficient (Wildman–Crippen LogP) is 0.902. The van der Waals surface area contributed by atoms with E-state index >= 15 is 0 Å². The fourth-order valence-corrected chi connectivity index (χ4v) is 5.15. The molecule has 2 unspecified atom stereocenters. The van der Waals surface area contributed by atoms with Gasteiger partial charge in [-0.1, -0.05) is 5.92 Å². The fraction of sp³-hybridized carbons (Fsp3) is 0.565. The van der Waals surface area contributed by atoms with Crippen LogP contribution in [0, 0.1) is 23.7 Å². The van der Waals surface area contributed by atoms with Crippen LogP contribution >= 0.6 is 0 Å². The molecule has 4 rings (SSSR count). The third-order valence-corrected chi connectivity index (χ3v) is 8.88. The van der Waals surface area contributed by atoms with Crippen molar-refractivity contribution in [3.05, 3.63) is 23.5 Å². The summed E-state index contributed by atoms with van der Waals surface area (Å²) in [6, 6.07) is 1.86. The molecule has 3 heterocycles. The molecule has 2 N–H and O–H groups in total. The number of carbonyl (C=O) groups is 2. The van der Waals surface area contributed by atoms with Crippen LogP contribution in [0.5, 0.6) is 0 Å². The Balaban J connectivity index is 1.37. The first-order valence-corrected chi connectivity index (χ1v) is 13.0. The Kier molecular flexibility index (Phi) is 6.23. The molecule has 2 amide bonds. The molecule has 2 aliphatic heterocycles. The average Bonchev–Trinajstić information content (AvgIpc) is 3.35. The van der Waals surface area contributed by atoms with Crippen molar-refractivity contribution in [2.24, 2.45) is 0 Å². The Bertz CT molecular complexity index is 1250. The number of nitrogens with one attached hydrogen (secondary N) is 1. The van der Waals surface area contributed by atoms with E-state index in [0.717, 1.165) is 25.6 Å². The number of hydroxylamine groups is 1. The quantitative estimate of drug-likeness (QED) is 0.348. The summed E-state index contributed by atoms with van der Waals surface area (Å²) in [4.78, 5) is 28.2. The van der Waals surface area contributed by atoms with E-state index in [2.05, 4.69) is 28.6 Å². The van der Waals surface area contributed by atoms with Gasteiger partial charge in [-0.2, -0.15) is 0 Å². The molecular weight excluding hydrogens is 463 g/mol. The number of rotatable bonds is 6. The molecule has 11 heteroatoms. The van der Waals surface area contributed by atoms with E-state index in [1.165, 1.54) is 21.9 Å². The lowest BCUT2D eigenvalue weighted by Gasteiger charge is -2.27. The lowest BCUT2D eigenvalue weighted by molar-refractivity contribution is -0.131. The number of likely N-dealkylation sites (tertiary alicyclic amines) is 1. The molecule has 3 aliphatic rings. The van der Waals surface area contributed by atoms with Crippen LogP contribution in [-0.2, 0) is 21.2 Å². The van der Waals surface area contributed by atoms with Crippen LogP contribution in [-0.4, -0.2) is 82.3 Å². The summed E-state index contributed by atoms with van der Waals surface area (Å²) in [6.07, 6.45) is 4.94. The van der Waals surface area contributed by atoms with Gasteiger partial charge in [0.25, 0.3) is 5.91 Å². The maximum atomic E-state index is 14.8. The summed E-state index contributed by atoms with van der Waals surface area (Å²) in [6.45, 7) is 2.48. The normalized spacial score (nSPS) is 24.0. The van der Waals surface area contributed by atoms with Gasteiger partial charge in [-0.25, -0.2) is 23.1 Å². The third-order valence-electron chi connectivity index (χ3n) is 6.86. The lowest BCUT2D eigenvalue weighted by Crippen LogP contribution is -2.50. The zero-order valence-corrected chi connectivity index (χ0v) is 19.9. The van der Waals surface area contributed by atoms with Crippen LogP contribution in [0.2, 0.25) is 0 Å². The van der Waals surface area contributed by atoms with Gasteiger partial charge in [0.1, 0.15) is 0 Å². The largest absolute Gasteiger partial charge is 0.328 e. The SMILES string of the molecule is CC(CCN1Cc2cc(C#CC#CC3(F)CCN(C4CC4)C3)cn2C1=O)(C(=O)NO)S(C)(=O)=O. The number of hydrogen-bond donors (Lipinski definition) is 2. The van der Waals surface area contributed by atoms with Gasteiger partial charge < -0.3 is 4.90 Å². The van der Waals surface area contributed by atoms with Crippen molar-refractivity contribution >= 4 is 21.8 Å². The topological polar surface area (TPSA) is 112 Å². The standard InChI is InChI=1S/C23H27FN4O5S/c1-22(20(29)25-31,34(2,32)33)9-11-26-15-19-13-17(14-28(19)21(26)30)5-3-4-8-23(24)10-12-27(16-23)18-6-7-18/h13-14,18,31H,6-7,9-12,15-16H2,1-2H3,(H,25,29). The zero-order chi connectivity index (χ0) is 24.7. The molecule has 1 aromatic heterocycles. The van der Waals surface area contributed by atoms with Gasteiger partial charge in [0.05, 0.1) is 6.54 Å². The molecule has 182 valence electrons.